The van der Waals surface area contributed by atoms with E-state index >= 15 is 0 Å². The summed E-state index contributed by atoms with van der Waals surface area (Å²) in [7, 11) is 0. The number of hydrogen-bond donors (Lipinski definition) is 4. The van der Waals surface area contributed by atoms with Gasteiger partial charge in [-0.3, -0.25) is 14.4 Å². The highest BCUT2D eigenvalue weighted by atomic mass is 16.5. The third-order valence-electron chi connectivity index (χ3n) is 4.34. The molecule has 10 heteroatoms. The van der Waals surface area contributed by atoms with Crippen LogP contribution in [0.3, 0.4) is 0 Å². The van der Waals surface area contributed by atoms with Gasteiger partial charge in [0, 0.05) is 11.6 Å². The molecule has 2 aromatic rings. The molecule has 0 unspecified atom stereocenters. The van der Waals surface area contributed by atoms with E-state index in [0.717, 1.165) is 5.56 Å². The van der Waals surface area contributed by atoms with E-state index in [0.29, 0.717) is 24.0 Å². The van der Waals surface area contributed by atoms with Gasteiger partial charge in [-0.05, 0) is 38.3 Å². The molecular formula is C20H23N3O7. The number of benzene rings is 1. The van der Waals surface area contributed by atoms with E-state index < -0.39 is 36.0 Å². The average molecular weight is 417 g/mol. The maximum absolute atomic E-state index is 12.5. The van der Waals surface area contributed by atoms with Crippen molar-refractivity contribution in [1.82, 2.24) is 15.8 Å². The van der Waals surface area contributed by atoms with Gasteiger partial charge in [-0.15, -0.1) is 0 Å². The van der Waals surface area contributed by atoms with E-state index in [1.165, 1.54) is 13.0 Å². The highest BCUT2D eigenvalue weighted by Gasteiger charge is 2.30. The molecule has 0 aliphatic rings. The van der Waals surface area contributed by atoms with E-state index in [1.807, 2.05) is 0 Å². The first-order valence-corrected chi connectivity index (χ1v) is 9.20. The van der Waals surface area contributed by atoms with E-state index in [1.54, 1.807) is 31.2 Å². The van der Waals surface area contributed by atoms with Crippen molar-refractivity contribution in [2.45, 2.75) is 44.9 Å². The number of carbonyl (C=O) groups excluding carboxylic acids is 3. The zero-order chi connectivity index (χ0) is 22.3. The van der Waals surface area contributed by atoms with Crippen LogP contribution in [0.1, 0.15) is 45.5 Å². The molecule has 1 heterocycles. The van der Waals surface area contributed by atoms with Crippen molar-refractivity contribution in [3.8, 4) is 0 Å². The largest absolute Gasteiger partial charge is 0.480 e. The third-order valence-corrected chi connectivity index (χ3v) is 4.34. The van der Waals surface area contributed by atoms with Gasteiger partial charge in [-0.25, -0.2) is 4.79 Å². The highest BCUT2D eigenvalue weighted by Crippen LogP contribution is 2.09. The van der Waals surface area contributed by atoms with Gasteiger partial charge in [0.25, 0.3) is 5.91 Å². The number of rotatable bonds is 10. The van der Waals surface area contributed by atoms with Gasteiger partial charge < -0.3 is 25.4 Å². The molecule has 0 aliphatic heterocycles. The average Bonchev–Trinajstić information content (AvgIpc) is 3.15. The summed E-state index contributed by atoms with van der Waals surface area (Å²) in [5.74, 6) is -2.47. The first kappa shape index (κ1) is 22.8. The second-order valence-corrected chi connectivity index (χ2v) is 6.82. The minimum absolute atomic E-state index is 0.0480. The summed E-state index contributed by atoms with van der Waals surface area (Å²) in [5, 5.41) is 27.5. The first-order valence-electron chi connectivity index (χ1n) is 9.20. The van der Waals surface area contributed by atoms with Crippen molar-refractivity contribution < 1.29 is 33.9 Å². The summed E-state index contributed by atoms with van der Waals surface area (Å²) in [6.45, 7) is 2.88. The molecule has 1 aromatic carbocycles. The molecule has 0 bridgehead atoms. The van der Waals surface area contributed by atoms with E-state index in [9.17, 15) is 29.4 Å². The van der Waals surface area contributed by atoms with Gasteiger partial charge in [0.15, 0.2) is 5.69 Å². The maximum atomic E-state index is 12.5. The van der Waals surface area contributed by atoms with Crippen LogP contribution in [0.2, 0.25) is 0 Å². The van der Waals surface area contributed by atoms with Crippen LogP contribution < -0.4 is 10.6 Å². The molecule has 0 fully saturated rings. The highest BCUT2D eigenvalue weighted by molar-refractivity contribution is 5.97. The van der Waals surface area contributed by atoms with Crippen molar-refractivity contribution in [2.75, 3.05) is 0 Å². The standard InChI is InChI=1S/C20H23N3O7/c1-11-8-16(23-30-11)18(26)22-17(12(2)25)19(27)21-15(20(28)29)7-6-13-4-3-5-14(9-13)10-24/h3-5,8-10,12,15,17,25H,6-7H2,1-2H3,(H,21,27)(H,22,26)(H,28,29)/t12-,15+,17+/m1/s1. The molecular weight excluding hydrogens is 394 g/mol. The fourth-order valence-corrected chi connectivity index (χ4v) is 2.75. The van der Waals surface area contributed by atoms with Gasteiger partial charge in [0.1, 0.15) is 24.1 Å². The predicted molar refractivity (Wildman–Crippen MR) is 104 cm³/mol. The maximum Gasteiger partial charge on any atom is 0.326 e. The molecule has 30 heavy (non-hydrogen) atoms. The quantitative estimate of drug-likeness (QED) is 0.406. The molecule has 4 N–H and O–H groups in total. The number of aryl methyl sites for hydroxylation is 2. The Hall–Kier alpha value is -3.53. The fourth-order valence-electron chi connectivity index (χ4n) is 2.75. The molecule has 160 valence electrons. The monoisotopic (exact) mass is 417 g/mol. The van der Waals surface area contributed by atoms with Gasteiger partial charge >= 0.3 is 5.97 Å². The number of carbonyl (C=O) groups is 4. The second-order valence-electron chi connectivity index (χ2n) is 6.82. The molecule has 1 aromatic heterocycles. The molecule has 0 aliphatic carbocycles. The molecule has 0 saturated heterocycles. The van der Waals surface area contributed by atoms with Crippen molar-refractivity contribution >= 4 is 24.1 Å². The molecule has 3 atom stereocenters. The van der Waals surface area contributed by atoms with Crippen LogP contribution in [0.5, 0.6) is 0 Å². The second kappa shape index (κ2) is 10.3. The fraction of sp³-hybridized carbons (Fsp3) is 0.350. The van der Waals surface area contributed by atoms with Gasteiger partial charge in [-0.1, -0.05) is 23.4 Å². The number of carboxylic acids is 1. The topological polar surface area (TPSA) is 159 Å². The number of aromatic nitrogens is 1. The lowest BCUT2D eigenvalue weighted by Crippen LogP contribution is -2.55. The summed E-state index contributed by atoms with van der Waals surface area (Å²) < 4.78 is 4.80. The van der Waals surface area contributed by atoms with Crippen molar-refractivity contribution in [2.24, 2.45) is 0 Å². The number of hydrogen-bond acceptors (Lipinski definition) is 7. The van der Waals surface area contributed by atoms with E-state index in [-0.39, 0.29) is 12.1 Å². The van der Waals surface area contributed by atoms with Crippen LogP contribution in [0, 0.1) is 6.92 Å². The molecule has 0 saturated carbocycles. The van der Waals surface area contributed by atoms with Gasteiger partial charge in [0.05, 0.1) is 6.10 Å². The Labute approximate surface area is 172 Å². The number of aliphatic hydroxyl groups is 1. The molecule has 0 radical (unpaired) electrons. The minimum Gasteiger partial charge on any atom is -0.480 e. The summed E-state index contributed by atoms with van der Waals surface area (Å²) in [5.41, 5.74) is 1.13. The number of nitrogens with one attached hydrogen (secondary N) is 2. The van der Waals surface area contributed by atoms with E-state index in [4.69, 9.17) is 4.52 Å². The third kappa shape index (κ3) is 6.24. The predicted octanol–water partition coefficient (Wildman–Crippen LogP) is 0.477. The van der Waals surface area contributed by atoms with Crippen LogP contribution in [-0.4, -0.2) is 57.6 Å². The Kier molecular flexibility index (Phi) is 7.82. The van der Waals surface area contributed by atoms with Gasteiger partial charge in [0.2, 0.25) is 5.91 Å². The normalized spacial score (nSPS) is 13.7. The number of aliphatic hydroxyl groups excluding tert-OH is 1. The number of aliphatic carboxylic acids is 1. The van der Waals surface area contributed by atoms with Crippen LogP contribution in [0.15, 0.2) is 34.9 Å². The number of nitrogens with zero attached hydrogens (tertiary/aromatic N) is 1. The smallest absolute Gasteiger partial charge is 0.326 e. The summed E-state index contributed by atoms with van der Waals surface area (Å²) in [6.07, 6.45) is -0.262. The number of carboxylic acid groups (broad SMARTS) is 1. The number of aldehydes is 1. The minimum atomic E-state index is -1.39. The van der Waals surface area contributed by atoms with Crippen LogP contribution in [-0.2, 0) is 16.0 Å². The lowest BCUT2D eigenvalue weighted by atomic mass is 10.0. The van der Waals surface area contributed by atoms with Crippen LogP contribution in [0.4, 0.5) is 0 Å². The lowest BCUT2D eigenvalue weighted by molar-refractivity contribution is -0.142. The first-order chi connectivity index (χ1) is 14.2. The summed E-state index contributed by atoms with van der Waals surface area (Å²) >= 11 is 0. The zero-order valence-corrected chi connectivity index (χ0v) is 16.5. The SMILES string of the molecule is Cc1cc(C(=O)N[C@H](C(=O)N[C@@H](CCc2cccc(C=O)c2)C(=O)O)[C@@H](C)O)no1. The van der Waals surface area contributed by atoms with Crippen molar-refractivity contribution in [1.29, 1.82) is 0 Å². The molecule has 0 spiro atoms. The number of amides is 2. The molecule has 10 nitrogen and oxygen atoms in total. The Bertz CT molecular complexity index is 923. The Morgan fingerprint density at radius 2 is 1.97 bits per heavy atom. The van der Waals surface area contributed by atoms with Crippen molar-refractivity contribution in [3.63, 3.8) is 0 Å². The Morgan fingerprint density at radius 1 is 1.23 bits per heavy atom. The van der Waals surface area contributed by atoms with Crippen molar-refractivity contribution in [3.05, 3.63) is 52.9 Å². The molecule has 2 amide bonds. The van der Waals surface area contributed by atoms with Crippen LogP contribution in [0.25, 0.3) is 0 Å². The Balaban J connectivity index is 2.03. The lowest BCUT2D eigenvalue weighted by Gasteiger charge is -2.23. The van der Waals surface area contributed by atoms with Crippen LogP contribution >= 0.6 is 0 Å². The Morgan fingerprint density at radius 3 is 2.53 bits per heavy atom. The summed E-state index contributed by atoms with van der Waals surface area (Å²) in [4.78, 5) is 47.2. The zero-order valence-electron chi connectivity index (χ0n) is 16.5. The molecule has 2 rings (SSSR count). The summed E-state index contributed by atoms with van der Waals surface area (Å²) in [6, 6.07) is 5.38. The van der Waals surface area contributed by atoms with E-state index in [2.05, 4.69) is 15.8 Å². The van der Waals surface area contributed by atoms with Gasteiger partial charge in [-0.2, -0.15) is 0 Å².